The number of halogens is 3. The van der Waals surface area contributed by atoms with Crippen molar-refractivity contribution in [2.24, 2.45) is 0 Å². The van der Waals surface area contributed by atoms with E-state index < -0.39 is 61.2 Å². The summed E-state index contributed by atoms with van der Waals surface area (Å²) in [6.45, 7) is -0.854. The maximum absolute atomic E-state index is 13.6. The molecule has 0 spiro atoms. The Labute approximate surface area is 191 Å². The maximum Gasteiger partial charge on any atom is 0.417 e. The number of fused-ring (bicyclic) bond motifs is 3. The lowest BCUT2D eigenvalue weighted by atomic mass is 9.98. The summed E-state index contributed by atoms with van der Waals surface area (Å²) in [7, 11) is 0. The molecule has 2 aliphatic rings. The number of carbonyl (C=O) groups excluding carboxylic acids is 2. The smallest absolute Gasteiger partial charge is 0.417 e. The van der Waals surface area contributed by atoms with E-state index in [0.29, 0.717) is 4.90 Å². The molecule has 2 aromatic rings. The lowest BCUT2D eigenvalue weighted by molar-refractivity contribution is -0.177. The molecule has 0 aromatic heterocycles. The molecule has 2 aromatic carbocycles. The molecule has 3 N–H and O–H groups in total. The highest BCUT2D eigenvalue weighted by Gasteiger charge is 2.51. The van der Waals surface area contributed by atoms with Crippen molar-refractivity contribution in [3.8, 4) is 11.1 Å². The van der Waals surface area contributed by atoms with Gasteiger partial charge in [-0.25, -0.2) is 9.59 Å². The van der Waals surface area contributed by atoms with Crippen molar-refractivity contribution >= 4 is 18.0 Å². The third-order valence-corrected chi connectivity index (χ3v) is 6.03. The zero-order valence-corrected chi connectivity index (χ0v) is 17.7. The van der Waals surface area contributed by atoms with E-state index >= 15 is 0 Å². The number of β-amino-alcohol motifs (C(OH)–C–C–N with tert-alkyl or cyclic N) is 1. The SMILES string of the molecule is O=C(NC(C(=O)N1C[C@H](O)C[C@@H]1C(=O)O)C(F)(F)F)OCC1c2ccccc2-c2ccccc21. The molecule has 180 valence electrons. The van der Waals surface area contributed by atoms with Crippen molar-refractivity contribution in [2.75, 3.05) is 13.2 Å². The van der Waals surface area contributed by atoms with Crippen LogP contribution in [0.5, 0.6) is 0 Å². The van der Waals surface area contributed by atoms with E-state index in [2.05, 4.69) is 0 Å². The highest BCUT2D eigenvalue weighted by atomic mass is 19.4. The Morgan fingerprint density at radius 3 is 2.15 bits per heavy atom. The van der Waals surface area contributed by atoms with Gasteiger partial charge >= 0.3 is 18.2 Å². The first kappa shape index (κ1) is 23.6. The summed E-state index contributed by atoms with van der Waals surface area (Å²) in [4.78, 5) is 36.6. The number of carboxylic acid groups (broad SMARTS) is 1. The minimum atomic E-state index is -5.21. The molecular formula is C23H21F3N2O6. The molecule has 1 aliphatic carbocycles. The fraction of sp³-hybridized carbons (Fsp3) is 0.348. The molecule has 3 atom stereocenters. The van der Waals surface area contributed by atoms with Gasteiger partial charge in [-0.2, -0.15) is 13.2 Å². The molecule has 1 heterocycles. The Balaban J connectivity index is 1.48. The molecule has 0 saturated carbocycles. The van der Waals surface area contributed by atoms with E-state index in [4.69, 9.17) is 4.74 Å². The third-order valence-electron chi connectivity index (χ3n) is 6.03. The van der Waals surface area contributed by atoms with Crippen LogP contribution in [0.25, 0.3) is 11.1 Å². The van der Waals surface area contributed by atoms with E-state index in [-0.39, 0.29) is 6.61 Å². The van der Waals surface area contributed by atoms with E-state index in [1.165, 1.54) is 5.32 Å². The Morgan fingerprint density at radius 1 is 1.06 bits per heavy atom. The highest BCUT2D eigenvalue weighted by molar-refractivity contribution is 5.90. The molecule has 1 unspecified atom stereocenters. The Hall–Kier alpha value is -3.60. The second-order valence-electron chi connectivity index (χ2n) is 8.18. The van der Waals surface area contributed by atoms with E-state index in [1.54, 1.807) is 12.1 Å². The van der Waals surface area contributed by atoms with Gasteiger partial charge in [0.1, 0.15) is 12.6 Å². The zero-order chi connectivity index (χ0) is 24.6. The van der Waals surface area contributed by atoms with Crippen molar-refractivity contribution in [1.29, 1.82) is 0 Å². The molecule has 2 amide bonds. The van der Waals surface area contributed by atoms with Gasteiger partial charge < -0.3 is 25.2 Å². The number of hydrogen-bond acceptors (Lipinski definition) is 5. The number of alkyl halides is 3. The van der Waals surface area contributed by atoms with Crippen molar-refractivity contribution in [3.05, 3.63) is 59.7 Å². The quantitative estimate of drug-likeness (QED) is 0.608. The highest BCUT2D eigenvalue weighted by Crippen LogP contribution is 2.44. The second-order valence-corrected chi connectivity index (χ2v) is 8.18. The summed E-state index contributed by atoms with van der Waals surface area (Å²) < 4.78 is 45.9. The summed E-state index contributed by atoms with van der Waals surface area (Å²) in [5.41, 5.74) is 3.58. The van der Waals surface area contributed by atoms with Crippen LogP contribution in [0.15, 0.2) is 48.5 Å². The first-order chi connectivity index (χ1) is 16.1. The molecule has 0 bridgehead atoms. The Kier molecular flexibility index (Phi) is 6.22. The molecule has 8 nitrogen and oxygen atoms in total. The zero-order valence-electron chi connectivity index (χ0n) is 17.7. The van der Waals surface area contributed by atoms with E-state index in [1.807, 2.05) is 36.4 Å². The van der Waals surface area contributed by atoms with Crippen LogP contribution in [0, 0.1) is 0 Å². The number of benzene rings is 2. The minimum Gasteiger partial charge on any atom is -0.480 e. The molecule has 1 fully saturated rings. The fourth-order valence-electron chi connectivity index (χ4n) is 4.50. The fourth-order valence-corrected chi connectivity index (χ4v) is 4.50. The van der Waals surface area contributed by atoms with Crippen LogP contribution in [0.3, 0.4) is 0 Å². The lowest BCUT2D eigenvalue weighted by Crippen LogP contribution is -2.58. The molecule has 4 rings (SSSR count). The molecule has 34 heavy (non-hydrogen) atoms. The van der Waals surface area contributed by atoms with Crippen LogP contribution in [0.1, 0.15) is 23.5 Å². The van der Waals surface area contributed by atoms with Gasteiger partial charge in [0.25, 0.3) is 5.91 Å². The van der Waals surface area contributed by atoms with Crippen molar-refractivity contribution in [1.82, 2.24) is 10.2 Å². The standard InChI is InChI=1S/C23H21F3N2O6/c24-23(25,26)19(20(30)28-10-12(29)9-18(28)21(31)32)27-22(33)34-11-17-15-7-3-1-5-13(15)14-6-2-4-8-16(14)17/h1-8,12,17-19,29H,9-11H2,(H,27,33)(H,31,32)/t12-,18-,19?/m1/s1. The van der Waals surface area contributed by atoms with Gasteiger partial charge in [0.2, 0.25) is 6.04 Å². The number of aliphatic hydroxyl groups is 1. The second kappa shape index (κ2) is 8.98. The molecule has 1 saturated heterocycles. The molecule has 11 heteroatoms. The predicted molar refractivity (Wildman–Crippen MR) is 112 cm³/mol. The van der Waals surface area contributed by atoms with Gasteiger partial charge in [-0.05, 0) is 22.3 Å². The average Bonchev–Trinajstić information content (AvgIpc) is 3.33. The number of carbonyl (C=O) groups is 3. The number of hydrogen-bond donors (Lipinski definition) is 3. The summed E-state index contributed by atoms with van der Waals surface area (Å²) >= 11 is 0. The number of rotatable bonds is 5. The topological polar surface area (TPSA) is 116 Å². The van der Waals surface area contributed by atoms with Crippen LogP contribution < -0.4 is 5.32 Å². The number of amides is 2. The Morgan fingerprint density at radius 2 is 1.62 bits per heavy atom. The van der Waals surface area contributed by atoms with Gasteiger partial charge in [-0.1, -0.05) is 48.5 Å². The number of alkyl carbamates (subject to hydrolysis) is 1. The van der Waals surface area contributed by atoms with Crippen LogP contribution in [-0.4, -0.2) is 70.6 Å². The van der Waals surface area contributed by atoms with Gasteiger partial charge in [-0.3, -0.25) is 4.79 Å². The van der Waals surface area contributed by atoms with Gasteiger partial charge in [0, 0.05) is 18.9 Å². The number of nitrogens with one attached hydrogen (secondary N) is 1. The summed E-state index contributed by atoms with van der Waals surface area (Å²) in [5, 5.41) is 20.4. The van der Waals surface area contributed by atoms with Gasteiger partial charge in [0.05, 0.1) is 6.10 Å². The lowest BCUT2D eigenvalue weighted by Gasteiger charge is -2.28. The number of aliphatic hydroxyl groups excluding tert-OH is 1. The van der Waals surface area contributed by atoms with Crippen molar-refractivity contribution < 1.29 is 42.5 Å². The number of carboxylic acids is 1. The largest absolute Gasteiger partial charge is 0.480 e. The normalized spacial score (nSPS) is 20.4. The Bertz CT molecular complexity index is 1080. The molecular weight excluding hydrogens is 457 g/mol. The summed E-state index contributed by atoms with van der Waals surface area (Å²) in [6.07, 6.45) is -8.37. The van der Waals surface area contributed by atoms with Crippen molar-refractivity contribution in [2.45, 2.75) is 36.7 Å². The minimum absolute atomic E-state index is 0.265. The first-order valence-corrected chi connectivity index (χ1v) is 10.5. The van der Waals surface area contributed by atoms with E-state index in [9.17, 15) is 37.8 Å². The maximum atomic E-state index is 13.6. The number of ether oxygens (including phenoxy) is 1. The van der Waals surface area contributed by atoms with Crippen LogP contribution in [0.4, 0.5) is 18.0 Å². The van der Waals surface area contributed by atoms with Crippen LogP contribution in [-0.2, 0) is 14.3 Å². The summed E-state index contributed by atoms with van der Waals surface area (Å²) in [5.74, 6) is -3.62. The monoisotopic (exact) mass is 478 g/mol. The van der Waals surface area contributed by atoms with Gasteiger partial charge in [0.15, 0.2) is 0 Å². The molecule has 0 radical (unpaired) electrons. The van der Waals surface area contributed by atoms with Crippen molar-refractivity contribution in [3.63, 3.8) is 0 Å². The van der Waals surface area contributed by atoms with Crippen LogP contribution >= 0.6 is 0 Å². The number of aliphatic carboxylic acids is 1. The van der Waals surface area contributed by atoms with Crippen LogP contribution in [0.2, 0.25) is 0 Å². The van der Waals surface area contributed by atoms with E-state index in [0.717, 1.165) is 22.3 Å². The summed E-state index contributed by atoms with van der Waals surface area (Å²) in [6, 6.07) is 10.1. The third kappa shape index (κ3) is 4.43. The van der Waals surface area contributed by atoms with Gasteiger partial charge in [-0.15, -0.1) is 0 Å². The molecule has 1 aliphatic heterocycles. The first-order valence-electron chi connectivity index (χ1n) is 10.5. The predicted octanol–water partition coefficient (Wildman–Crippen LogP) is 2.50. The average molecular weight is 478 g/mol. The number of nitrogens with zero attached hydrogens (tertiary/aromatic N) is 1. The number of likely N-dealkylation sites (tertiary alicyclic amines) is 1.